The molecule has 0 saturated heterocycles. The van der Waals surface area contributed by atoms with E-state index in [9.17, 15) is 0 Å². The van der Waals surface area contributed by atoms with Crippen LogP contribution in [0.5, 0.6) is 0 Å². The third-order valence-electron chi connectivity index (χ3n) is 3.70. The molecule has 0 spiro atoms. The molecule has 0 amide bonds. The van der Waals surface area contributed by atoms with Crippen molar-refractivity contribution in [3.8, 4) is 0 Å². The Morgan fingerprint density at radius 2 is 0.880 bits per heavy atom. The first-order valence-corrected chi connectivity index (χ1v) is 16.4. The molecule has 25 heavy (non-hydrogen) atoms. The van der Waals surface area contributed by atoms with Gasteiger partial charge in [-0.25, -0.2) is 0 Å². The Morgan fingerprint density at radius 3 is 1.28 bits per heavy atom. The van der Waals surface area contributed by atoms with Crippen LogP contribution in [0, 0.1) is 0 Å². The summed E-state index contributed by atoms with van der Waals surface area (Å²) in [6.07, 6.45) is 8.36. The van der Waals surface area contributed by atoms with Gasteiger partial charge in [-0.3, -0.25) is 0 Å². The van der Waals surface area contributed by atoms with E-state index in [1.165, 1.54) is 48.9 Å². The van der Waals surface area contributed by atoms with Crippen LogP contribution in [0.3, 0.4) is 0 Å². The van der Waals surface area contributed by atoms with E-state index in [0.717, 1.165) is 0 Å². The van der Waals surface area contributed by atoms with E-state index in [0.29, 0.717) is 0 Å². The molecular weight excluding hydrogens is 501 g/mol. The third kappa shape index (κ3) is 3.72. The molecule has 10 heteroatoms. The van der Waals surface area contributed by atoms with E-state index >= 15 is 0 Å². The van der Waals surface area contributed by atoms with Crippen molar-refractivity contribution in [2.75, 3.05) is 12.5 Å². The molecule has 0 nitrogen and oxygen atoms in total. The van der Waals surface area contributed by atoms with Gasteiger partial charge in [-0.15, -0.1) is 23.5 Å². The molecule has 5 rings (SSSR count). The molecular formula is C15H12S10. The van der Waals surface area contributed by atoms with Gasteiger partial charge in [0.1, 0.15) is 0 Å². The molecule has 0 bridgehead atoms. The Bertz CT molecular complexity index is 754. The van der Waals surface area contributed by atoms with Crippen LogP contribution in [0.15, 0.2) is 43.7 Å². The molecule has 0 fully saturated rings. The molecule has 4 heterocycles. The Hall–Kier alpha value is 2.20. The van der Waals surface area contributed by atoms with Gasteiger partial charge in [-0.1, -0.05) is 94.1 Å². The summed E-state index contributed by atoms with van der Waals surface area (Å²) in [7, 11) is 0. The normalized spacial score (nSPS) is 26.2. The first-order chi connectivity index (χ1) is 12.2. The van der Waals surface area contributed by atoms with Crippen LogP contribution < -0.4 is 0 Å². The van der Waals surface area contributed by atoms with E-state index in [1.54, 1.807) is 14.0 Å². The second-order valence-corrected chi connectivity index (χ2v) is 17.3. The second-order valence-electron chi connectivity index (χ2n) is 5.22. The number of rotatable bonds is 2. The summed E-state index contributed by atoms with van der Waals surface area (Å²) >= 11 is 19.8. The van der Waals surface area contributed by atoms with Crippen molar-refractivity contribution >= 4 is 118 Å². The smallest absolute Gasteiger partial charge is 0.0718 e. The summed E-state index contributed by atoms with van der Waals surface area (Å²) in [5.41, 5.74) is 0. The van der Waals surface area contributed by atoms with E-state index in [-0.39, 0.29) is 0 Å². The average Bonchev–Trinajstić information content (AvgIpc) is 3.35. The van der Waals surface area contributed by atoms with Crippen molar-refractivity contribution in [1.29, 1.82) is 0 Å². The van der Waals surface area contributed by atoms with Crippen molar-refractivity contribution in [3.05, 3.63) is 43.7 Å². The van der Waals surface area contributed by atoms with Crippen LogP contribution >= 0.6 is 118 Å². The lowest BCUT2D eigenvalue weighted by Gasteiger charge is -2.08. The molecule has 0 aromatic rings. The van der Waals surface area contributed by atoms with E-state index < -0.39 is 0 Å². The minimum Gasteiger partial charge on any atom is -0.121 e. The van der Waals surface area contributed by atoms with Gasteiger partial charge in [-0.05, 0) is 31.8 Å². The topological polar surface area (TPSA) is 0 Å². The highest BCUT2D eigenvalue weighted by Gasteiger charge is 2.37. The fraction of sp³-hybridized carbons (Fsp3) is 0.333. The third-order valence-corrected chi connectivity index (χ3v) is 18.4. The maximum atomic E-state index is 2.19. The maximum absolute atomic E-state index is 2.19. The summed E-state index contributed by atoms with van der Waals surface area (Å²) in [4.78, 5) is 3.31. The van der Waals surface area contributed by atoms with E-state index in [1.807, 2.05) is 94.1 Å². The number of hydrogen-bond acceptors (Lipinski definition) is 10. The van der Waals surface area contributed by atoms with Gasteiger partial charge in [0.2, 0.25) is 0 Å². The fourth-order valence-corrected chi connectivity index (χ4v) is 17.4. The molecule has 0 radical (unpaired) electrons. The summed E-state index contributed by atoms with van der Waals surface area (Å²) in [5.74, 6) is 0. The zero-order valence-electron chi connectivity index (χ0n) is 13.2. The van der Waals surface area contributed by atoms with Crippen molar-refractivity contribution in [2.24, 2.45) is 0 Å². The standard InChI is InChI=1S/C15H12S10/c1-16-8-9(17-2)21-12(20-8)13-24-14-15(25-13)23-11(22-14)10-18-6-4-3-5-7(6)19-10/h3-5H2,1-2H3. The lowest BCUT2D eigenvalue weighted by atomic mass is 10.4. The Balaban J connectivity index is 1.27. The number of allylic oxidation sites excluding steroid dienone is 2. The SMILES string of the molecule is CSC1=C(SC)SC(=C2SC3=C(SC(=C4SC5=C(CCC5)S4)S3)S2)S1. The van der Waals surface area contributed by atoms with Crippen LogP contribution in [-0.4, -0.2) is 12.5 Å². The monoisotopic (exact) mass is 512 g/mol. The highest BCUT2D eigenvalue weighted by Crippen LogP contribution is 2.72. The van der Waals surface area contributed by atoms with Crippen molar-refractivity contribution < 1.29 is 0 Å². The molecule has 1 aliphatic carbocycles. The summed E-state index contributed by atoms with van der Waals surface area (Å²) < 4.78 is 12.0. The van der Waals surface area contributed by atoms with E-state index in [4.69, 9.17) is 0 Å². The van der Waals surface area contributed by atoms with Crippen LogP contribution in [0.4, 0.5) is 0 Å². The largest absolute Gasteiger partial charge is 0.121 e. The van der Waals surface area contributed by atoms with E-state index in [2.05, 4.69) is 36.0 Å². The predicted octanol–water partition coefficient (Wildman–Crippen LogP) is 9.53. The lowest BCUT2D eigenvalue weighted by Crippen LogP contribution is -1.74. The minimum atomic E-state index is 1.31. The van der Waals surface area contributed by atoms with Crippen LogP contribution in [0.2, 0.25) is 0 Å². The first kappa shape index (κ1) is 19.2. The molecule has 0 saturated carbocycles. The molecule has 0 aromatic carbocycles. The van der Waals surface area contributed by atoms with Crippen LogP contribution in [0.1, 0.15) is 19.3 Å². The van der Waals surface area contributed by atoms with Crippen LogP contribution in [0.25, 0.3) is 0 Å². The maximum Gasteiger partial charge on any atom is 0.0718 e. The molecule has 132 valence electrons. The molecule has 5 aliphatic rings. The zero-order chi connectivity index (χ0) is 17.0. The molecule has 0 atom stereocenters. The Labute approximate surface area is 191 Å². The van der Waals surface area contributed by atoms with Gasteiger partial charge >= 0.3 is 0 Å². The Morgan fingerprint density at radius 1 is 0.520 bits per heavy atom. The highest BCUT2D eigenvalue weighted by atomic mass is 32.3. The summed E-state index contributed by atoms with van der Waals surface area (Å²) in [6, 6.07) is 0. The Kier molecular flexibility index (Phi) is 6.25. The van der Waals surface area contributed by atoms with Gasteiger partial charge in [-0.2, -0.15) is 0 Å². The quantitative estimate of drug-likeness (QED) is 0.349. The van der Waals surface area contributed by atoms with Crippen molar-refractivity contribution in [3.63, 3.8) is 0 Å². The molecule has 0 unspecified atom stereocenters. The van der Waals surface area contributed by atoms with Gasteiger partial charge < -0.3 is 0 Å². The van der Waals surface area contributed by atoms with Gasteiger partial charge in [0, 0.05) is 9.81 Å². The fourth-order valence-electron chi connectivity index (χ4n) is 2.59. The summed E-state index contributed by atoms with van der Waals surface area (Å²) in [6.45, 7) is 0. The molecule has 0 N–H and O–H groups in total. The predicted molar refractivity (Wildman–Crippen MR) is 137 cm³/mol. The minimum absolute atomic E-state index is 1.31. The number of thioether (sulfide) groups is 10. The molecule has 0 aromatic heterocycles. The van der Waals surface area contributed by atoms with Crippen molar-refractivity contribution in [1.82, 2.24) is 0 Å². The lowest BCUT2D eigenvalue weighted by molar-refractivity contribution is 0.921. The first-order valence-electron chi connectivity index (χ1n) is 7.45. The summed E-state index contributed by atoms with van der Waals surface area (Å²) in [5, 5.41) is 0. The van der Waals surface area contributed by atoms with Gasteiger partial charge in [0.05, 0.1) is 33.9 Å². The van der Waals surface area contributed by atoms with Crippen LogP contribution in [-0.2, 0) is 0 Å². The number of hydrogen-bond donors (Lipinski definition) is 0. The van der Waals surface area contributed by atoms with Gasteiger partial charge in [0.15, 0.2) is 0 Å². The molecule has 4 aliphatic heterocycles. The average molecular weight is 513 g/mol. The second kappa shape index (κ2) is 8.14. The van der Waals surface area contributed by atoms with Gasteiger partial charge in [0.25, 0.3) is 0 Å². The highest BCUT2D eigenvalue weighted by molar-refractivity contribution is 8.50. The zero-order valence-corrected chi connectivity index (χ0v) is 21.4. The van der Waals surface area contributed by atoms with Crippen molar-refractivity contribution in [2.45, 2.75) is 19.3 Å².